The van der Waals surface area contributed by atoms with Crippen LogP contribution >= 0.6 is 0 Å². The predicted molar refractivity (Wildman–Crippen MR) is 69.1 cm³/mol. The molecule has 1 atom stereocenters. The molecular formula is C14H20N2O. The smallest absolute Gasteiger partial charge is 0.253 e. The Bertz CT molecular complexity index is 403. The SMILES string of the molecule is CNCC1CCN(C(=O)c2cccc(C)c2)C1. The monoisotopic (exact) mass is 232 g/mol. The van der Waals surface area contributed by atoms with Crippen molar-refractivity contribution in [3.05, 3.63) is 35.4 Å². The van der Waals surface area contributed by atoms with Crippen LogP contribution in [0.2, 0.25) is 0 Å². The number of amides is 1. The highest BCUT2D eigenvalue weighted by Crippen LogP contribution is 2.18. The van der Waals surface area contributed by atoms with Gasteiger partial charge in [0.2, 0.25) is 0 Å². The van der Waals surface area contributed by atoms with Gasteiger partial charge in [0.05, 0.1) is 0 Å². The van der Waals surface area contributed by atoms with Gasteiger partial charge >= 0.3 is 0 Å². The fourth-order valence-corrected chi connectivity index (χ4v) is 2.43. The summed E-state index contributed by atoms with van der Waals surface area (Å²) in [5, 5.41) is 3.18. The number of carbonyl (C=O) groups is 1. The number of aryl methyl sites for hydroxylation is 1. The Morgan fingerprint density at radius 1 is 1.53 bits per heavy atom. The lowest BCUT2D eigenvalue weighted by Crippen LogP contribution is -2.30. The third kappa shape index (κ3) is 2.86. The molecule has 0 spiro atoms. The molecule has 0 saturated carbocycles. The van der Waals surface area contributed by atoms with Gasteiger partial charge in [0.15, 0.2) is 0 Å². The molecule has 0 radical (unpaired) electrons. The first kappa shape index (κ1) is 12.1. The average molecular weight is 232 g/mol. The molecule has 1 aliphatic heterocycles. The predicted octanol–water partition coefficient (Wildman–Crippen LogP) is 1.68. The van der Waals surface area contributed by atoms with Gasteiger partial charge in [0.1, 0.15) is 0 Å². The molecule has 1 aromatic rings. The third-order valence-corrected chi connectivity index (χ3v) is 3.33. The van der Waals surface area contributed by atoms with Crippen molar-refractivity contribution in [2.75, 3.05) is 26.7 Å². The molecule has 1 aliphatic rings. The van der Waals surface area contributed by atoms with E-state index in [2.05, 4.69) is 5.32 Å². The maximum Gasteiger partial charge on any atom is 0.253 e. The van der Waals surface area contributed by atoms with Crippen molar-refractivity contribution in [1.82, 2.24) is 10.2 Å². The molecule has 1 heterocycles. The van der Waals surface area contributed by atoms with E-state index < -0.39 is 0 Å². The highest BCUT2D eigenvalue weighted by Gasteiger charge is 2.26. The van der Waals surface area contributed by atoms with Gasteiger partial charge in [-0.15, -0.1) is 0 Å². The highest BCUT2D eigenvalue weighted by molar-refractivity contribution is 5.94. The normalized spacial score (nSPS) is 19.6. The van der Waals surface area contributed by atoms with E-state index in [0.29, 0.717) is 5.92 Å². The summed E-state index contributed by atoms with van der Waals surface area (Å²) in [6, 6.07) is 7.84. The molecule has 1 aromatic carbocycles. The third-order valence-electron chi connectivity index (χ3n) is 3.33. The average Bonchev–Trinajstić information content (AvgIpc) is 2.77. The fraction of sp³-hybridized carbons (Fsp3) is 0.500. The molecule has 0 bridgehead atoms. The van der Waals surface area contributed by atoms with E-state index in [1.54, 1.807) is 0 Å². The molecule has 1 N–H and O–H groups in total. The molecule has 3 nitrogen and oxygen atoms in total. The van der Waals surface area contributed by atoms with E-state index in [1.807, 2.05) is 43.1 Å². The van der Waals surface area contributed by atoms with Crippen LogP contribution in [0.15, 0.2) is 24.3 Å². The Kier molecular flexibility index (Phi) is 3.79. The minimum atomic E-state index is 0.173. The number of benzene rings is 1. The maximum absolute atomic E-state index is 12.3. The van der Waals surface area contributed by atoms with E-state index in [-0.39, 0.29) is 5.91 Å². The first-order valence-corrected chi connectivity index (χ1v) is 6.21. The molecule has 0 aromatic heterocycles. The minimum absolute atomic E-state index is 0.173. The number of likely N-dealkylation sites (tertiary alicyclic amines) is 1. The van der Waals surface area contributed by atoms with Crippen LogP contribution in [0.4, 0.5) is 0 Å². The summed E-state index contributed by atoms with van der Waals surface area (Å²) in [5.41, 5.74) is 1.96. The largest absolute Gasteiger partial charge is 0.338 e. The van der Waals surface area contributed by atoms with Gasteiger partial charge in [0.25, 0.3) is 5.91 Å². The van der Waals surface area contributed by atoms with Crippen molar-refractivity contribution in [2.24, 2.45) is 5.92 Å². The van der Waals surface area contributed by atoms with Crippen molar-refractivity contribution in [3.63, 3.8) is 0 Å². The first-order chi connectivity index (χ1) is 8.20. The van der Waals surface area contributed by atoms with Gasteiger partial charge in [0, 0.05) is 18.7 Å². The summed E-state index contributed by atoms with van der Waals surface area (Å²) in [7, 11) is 1.96. The minimum Gasteiger partial charge on any atom is -0.338 e. The van der Waals surface area contributed by atoms with Crippen LogP contribution in [-0.4, -0.2) is 37.5 Å². The Balaban J connectivity index is 2.02. The maximum atomic E-state index is 12.3. The molecule has 1 saturated heterocycles. The molecule has 1 amide bonds. The number of rotatable bonds is 3. The van der Waals surface area contributed by atoms with Crippen molar-refractivity contribution in [3.8, 4) is 0 Å². The van der Waals surface area contributed by atoms with Crippen molar-refractivity contribution >= 4 is 5.91 Å². The van der Waals surface area contributed by atoms with Gasteiger partial charge in [-0.05, 0) is 45.0 Å². The number of carbonyl (C=O) groups excluding carboxylic acids is 1. The van der Waals surface area contributed by atoms with Gasteiger partial charge in [-0.3, -0.25) is 4.79 Å². The van der Waals surface area contributed by atoms with Crippen LogP contribution in [0, 0.1) is 12.8 Å². The van der Waals surface area contributed by atoms with E-state index in [0.717, 1.165) is 37.2 Å². The second-order valence-electron chi connectivity index (χ2n) is 4.83. The molecule has 92 valence electrons. The van der Waals surface area contributed by atoms with Crippen molar-refractivity contribution in [2.45, 2.75) is 13.3 Å². The highest BCUT2D eigenvalue weighted by atomic mass is 16.2. The molecule has 17 heavy (non-hydrogen) atoms. The van der Waals surface area contributed by atoms with E-state index in [4.69, 9.17) is 0 Å². The van der Waals surface area contributed by atoms with E-state index in [1.165, 1.54) is 0 Å². The topological polar surface area (TPSA) is 32.3 Å². The zero-order valence-electron chi connectivity index (χ0n) is 10.6. The first-order valence-electron chi connectivity index (χ1n) is 6.21. The van der Waals surface area contributed by atoms with Crippen LogP contribution in [0.25, 0.3) is 0 Å². The lowest BCUT2D eigenvalue weighted by Gasteiger charge is -2.16. The summed E-state index contributed by atoms with van der Waals surface area (Å²) in [6.45, 7) is 4.79. The van der Waals surface area contributed by atoms with Gasteiger partial charge in [-0.1, -0.05) is 17.7 Å². The Hall–Kier alpha value is -1.35. The lowest BCUT2D eigenvalue weighted by molar-refractivity contribution is 0.0787. The van der Waals surface area contributed by atoms with Crippen LogP contribution in [0.5, 0.6) is 0 Å². The summed E-state index contributed by atoms with van der Waals surface area (Å²) < 4.78 is 0. The van der Waals surface area contributed by atoms with Crippen LogP contribution in [0.3, 0.4) is 0 Å². The molecule has 1 fully saturated rings. The number of hydrogen-bond acceptors (Lipinski definition) is 2. The second kappa shape index (κ2) is 5.32. The van der Waals surface area contributed by atoms with Gasteiger partial charge < -0.3 is 10.2 Å². The fourth-order valence-electron chi connectivity index (χ4n) is 2.43. The summed E-state index contributed by atoms with van der Waals surface area (Å²) in [6.07, 6.45) is 1.11. The van der Waals surface area contributed by atoms with E-state index in [9.17, 15) is 4.79 Å². The number of hydrogen-bond donors (Lipinski definition) is 1. The molecule has 3 heteroatoms. The Morgan fingerprint density at radius 2 is 2.35 bits per heavy atom. The Labute approximate surface area is 103 Å². The summed E-state index contributed by atoms with van der Waals surface area (Å²) in [4.78, 5) is 14.2. The number of nitrogens with zero attached hydrogens (tertiary/aromatic N) is 1. The van der Waals surface area contributed by atoms with Crippen LogP contribution in [0.1, 0.15) is 22.3 Å². The lowest BCUT2D eigenvalue weighted by atomic mass is 10.1. The zero-order valence-corrected chi connectivity index (χ0v) is 10.6. The second-order valence-corrected chi connectivity index (χ2v) is 4.83. The molecular weight excluding hydrogens is 212 g/mol. The van der Waals surface area contributed by atoms with E-state index >= 15 is 0 Å². The summed E-state index contributed by atoms with van der Waals surface area (Å²) >= 11 is 0. The van der Waals surface area contributed by atoms with Crippen LogP contribution in [-0.2, 0) is 0 Å². The Morgan fingerprint density at radius 3 is 3.06 bits per heavy atom. The van der Waals surface area contributed by atoms with Gasteiger partial charge in [-0.25, -0.2) is 0 Å². The molecule has 2 rings (SSSR count). The number of nitrogens with one attached hydrogen (secondary N) is 1. The van der Waals surface area contributed by atoms with Gasteiger partial charge in [-0.2, -0.15) is 0 Å². The zero-order chi connectivity index (χ0) is 12.3. The standard InChI is InChI=1S/C14H20N2O/c1-11-4-3-5-13(8-11)14(17)16-7-6-12(10-16)9-15-2/h3-5,8,12,15H,6-7,9-10H2,1-2H3. The molecule has 1 unspecified atom stereocenters. The summed E-state index contributed by atoms with van der Waals surface area (Å²) in [5.74, 6) is 0.779. The molecule has 0 aliphatic carbocycles. The quantitative estimate of drug-likeness (QED) is 0.860. The van der Waals surface area contributed by atoms with Crippen molar-refractivity contribution in [1.29, 1.82) is 0 Å². The van der Waals surface area contributed by atoms with Crippen LogP contribution < -0.4 is 5.32 Å². The van der Waals surface area contributed by atoms with Crippen molar-refractivity contribution < 1.29 is 4.79 Å².